The van der Waals surface area contributed by atoms with E-state index < -0.39 is 5.91 Å². The molecule has 0 saturated heterocycles. The van der Waals surface area contributed by atoms with Gasteiger partial charge in [0, 0.05) is 4.47 Å². The summed E-state index contributed by atoms with van der Waals surface area (Å²) in [6.07, 6.45) is 1.38. The number of halogens is 1. The smallest absolute Gasteiger partial charge is 0.259 e. The average molecular weight is 311 g/mol. The van der Waals surface area contributed by atoms with Gasteiger partial charge < -0.3 is 15.2 Å². The van der Waals surface area contributed by atoms with Gasteiger partial charge in [-0.15, -0.1) is 0 Å². The van der Waals surface area contributed by atoms with Gasteiger partial charge in [-0.25, -0.2) is 0 Å². The van der Waals surface area contributed by atoms with Crippen LogP contribution in [0.3, 0.4) is 0 Å². The van der Waals surface area contributed by atoms with Gasteiger partial charge in [-0.3, -0.25) is 4.79 Å². The van der Waals surface area contributed by atoms with E-state index in [4.69, 9.17) is 20.5 Å². The van der Waals surface area contributed by atoms with Crippen LogP contribution in [-0.4, -0.2) is 20.1 Å². The van der Waals surface area contributed by atoms with Gasteiger partial charge in [-0.05, 0) is 23.8 Å². The van der Waals surface area contributed by atoms with Crippen molar-refractivity contribution in [3.05, 3.63) is 27.7 Å². The van der Waals surface area contributed by atoms with Gasteiger partial charge in [-0.1, -0.05) is 15.9 Å². The van der Waals surface area contributed by atoms with Crippen LogP contribution in [0.1, 0.15) is 5.56 Å². The molecular formula is C12H11BrN2O3. The maximum absolute atomic E-state index is 11.0. The summed E-state index contributed by atoms with van der Waals surface area (Å²) in [6.45, 7) is 0. The Hall–Kier alpha value is -2.00. The van der Waals surface area contributed by atoms with Gasteiger partial charge in [0.15, 0.2) is 11.5 Å². The highest BCUT2D eigenvalue weighted by molar-refractivity contribution is 9.10. The molecule has 6 heteroatoms. The first-order valence-electron chi connectivity index (χ1n) is 4.86. The third kappa shape index (κ3) is 3.02. The van der Waals surface area contributed by atoms with Crippen LogP contribution in [0.2, 0.25) is 0 Å². The Labute approximate surface area is 113 Å². The second-order valence-electron chi connectivity index (χ2n) is 3.26. The van der Waals surface area contributed by atoms with Crippen LogP contribution < -0.4 is 15.2 Å². The number of carbonyl (C=O) groups is 1. The fourth-order valence-electron chi connectivity index (χ4n) is 1.29. The molecular weight excluding hydrogens is 300 g/mol. The van der Waals surface area contributed by atoms with Crippen molar-refractivity contribution in [2.45, 2.75) is 0 Å². The Morgan fingerprint density at radius 3 is 2.39 bits per heavy atom. The molecule has 18 heavy (non-hydrogen) atoms. The van der Waals surface area contributed by atoms with Crippen LogP contribution in [0.5, 0.6) is 11.5 Å². The molecule has 1 rings (SSSR count). The predicted octanol–water partition coefficient (Wildman–Crippen LogP) is 1.86. The van der Waals surface area contributed by atoms with E-state index in [0.717, 1.165) is 0 Å². The minimum atomic E-state index is -0.779. The van der Waals surface area contributed by atoms with Crippen molar-refractivity contribution in [2.75, 3.05) is 14.2 Å². The molecule has 1 aromatic rings. The van der Waals surface area contributed by atoms with Crippen molar-refractivity contribution in [3.8, 4) is 17.6 Å². The lowest BCUT2D eigenvalue weighted by atomic mass is 10.1. The highest BCUT2D eigenvalue weighted by atomic mass is 79.9. The van der Waals surface area contributed by atoms with Gasteiger partial charge in [0.2, 0.25) is 0 Å². The van der Waals surface area contributed by atoms with E-state index in [1.165, 1.54) is 20.3 Å². The Balaban J connectivity index is 3.35. The fourth-order valence-corrected chi connectivity index (χ4v) is 1.73. The predicted molar refractivity (Wildman–Crippen MR) is 70.0 cm³/mol. The molecule has 0 atom stereocenters. The lowest BCUT2D eigenvalue weighted by molar-refractivity contribution is -0.114. The van der Waals surface area contributed by atoms with E-state index in [-0.39, 0.29) is 5.57 Å². The number of nitriles is 1. The lowest BCUT2D eigenvalue weighted by Gasteiger charge is -2.09. The first-order valence-corrected chi connectivity index (χ1v) is 5.66. The molecule has 1 amide bonds. The molecule has 94 valence electrons. The normalized spacial score (nSPS) is 10.7. The molecule has 0 aromatic heterocycles. The first kappa shape index (κ1) is 14.1. The van der Waals surface area contributed by atoms with Crippen LogP contribution in [0.4, 0.5) is 0 Å². The molecule has 0 saturated carbocycles. The minimum absolute atomic E-state index is 0.136. The monoisotopic (exact) mass is 310 g/mol. The van der Waals surface area contributed by atoms with E-state index in [9.17, 15) is 4.79 Å². The molecule has 0 radical (unpaired) electrons. The minimum Gasteiger partial charge on any atom is -0.493 e. The molecule has 0 aliphatic heterocycles. The molecule has 0 bridgehead atoms. The number of hydrogen-bond acceptors (Lipinski definition) is 4. The molecule has 0 aliphatic carbocycles. The molecule has 1 aromatic carbocycles. The van der Waals surface area contributed by atoms with Crippen LogP contribution in [0, 0.1) is 11.3 Å². The van der Waals surface area contributed by atoms with Crippen molar-refractivity contribution in [1.29, 1.82) is 5.26 Å². The Morgan fingerprint density at radius 2 is 1.94 bits per heavy atom. The van der Waals surface area contributed by atoms with Gasteiger partial charge in [0.1, 0.15) is 11.6 Å². The Morgan fingerprint density at radius 1 is 1.39 bits per heavy atom. The summed E-state index contributed by atoms with van der Waals surface area (Å²) in [5.74, 6) is 0.256. The van der Waals surface area contributed by atoms with Crippen molar-refractivity contribution in [3.63, 3.8) is 0 Å². The molecule has 2 N–H and O–H groups in total. The third-order valence-electron chi connectivity index (χ3n) is 2.19. The third-order valence-corrected chi connectivity index (χ3v) is 2.88. The summed E-state index contributed by atoms with van der Waals surface area (Å²) < 4.78 is 10.9. The van der Waals surface area contributed by atoms with Crippen LogP contribution in [0.15, 0.2) is 22.2 Å². The standard InChI is InChI=1S/C12H11BrN2O3/c1-17-10-4-7(3-8(6-14)12(15)16)9(13)5-11(10)18-2/h3-5H,1-2H3,(H2,15,16)/b8-3-. The second kappa shape index (κ2) is 6.07. The summed E-state index contributed by atoms with van der Waals surface area (Å²) in [5.41, 5.74) is 5.53. The van der Waals surface area contributed by atoms with E-state index in [1.54, 1.807) is 18.2 Å². The highest BCUT2D eigenvalue weighted by Gasteiger charge is 2.10. The van der Waals surface area contributed by atoms with E-state index >= 15 is 0 Å². The van der Waals surface area contributed by atoms with E-state index in [0.29, 0.717) is 21.5 Å². The number of methoxy groups -OCH3 is 2. The van der Waals surface area contributed by atoms with Gasteiger partial charge in [0.25, 0.3) is 5.91 Å². The summed E-state index contributed by atoms with van der Waals surface area (Å²) in [4.78, 5) is 11.0. The zero-order valence-corrected chi connectivity index (χ0v) is 11.4. The first-order chi connectivity index (χ1) is 8.53. The zero-order chi connectivity index (χ0) is 13.7. The SMILES string of the molecule is COc1cc(Br)c(/C=C(/C#N)C(N)=O)cc1OC. The number of rotatable bonds is 4. The number of hydrogen-bond donors (Lipinski definition) is 1. The van der Waals surface area contributed by atoms with Crippen molar-refractivity contribution < 1.29 is 14.3 Å². The summed E-state index contributed by atoms with van der Waals surface area (Å²) in [5, 5.41) is 8.79. The lowest BCUT2D eigenvalue weighted by Crippen LogP contribution is -2.12. The number of carbonyl (C=O) groups excluding carboxylic acids is 1. The van der Waals surface area contributed by atoms with Gasteiger partial charge in [-0.2, -0.15) is 5.26 Å². The van der Waals surface area contributed by atoms with E-state index in [2.05, 4.69) is 15.9 Å². The maximum atomic E-state index is 11.0. The molecule has 0 aliphatic rings. The average Bonchev–Trinajstić information content (AvgIpc) is 2.36. The molecule has 0 spiro atoms. The fraction of sp³-hybridized carbons (Fsp3) is 0.167. The number of primary amides is 1. The van der Waals surface area contributed by atoms with Crippen LogP contribution in [-0.2, 0) is 4.79 Å². The van der Waals surface area contributed by atoms with Crippen molar-refractivity contribution in [1.82, 2.24) is 0 Å². The summed E-state index contributed by atoms with van der Waals surface area (Å²) >= 11 is 3.32. The Kier molecular flexibility index (Phi) is 4.75. The van der Waals surface area contributed by atoms with Gasteiger partial charge in [0.05, 0.1) is 14.2 Å². The largest absolute Gasteiger partial charge is 0.493 e. The maximum Gasteiger partial charge on any atom is 0.259 e. The number of nitrogens with zero attached hydrogens (tertiary/aromatic N) is 1. The van der Waals surface area contributed by atoms with Gasteiger partial charge >= 0.3 is 0 Å². The van der Waals surface area contributed by atoms with Crippen molar-refractivity contribution in [2.24, 2.45) is 5.73 Å². The number of ether oxygens (including phenoxy) is 2. The number of benzene rings is 1. The second-order valence-corrected chi connectivity index (χ2v) is 4.12. The number of amides is 1. The quantitative estimate of drug-likeness (QED) is 0.679. The van der Waals surface area contributed by atoms with E-state index in [1.807, 2.05) is 0 Å². The summed E-state index contributed by atoms with van der Waals surface area (Å²) in [7, 11) is 3.02. The van der Waals surface area contributed by atoms with Crippen LogP contribution in [0.25, 0.3) is 6.08 Å². The zero-order valence-electron chi connectivity index (χ0n) is 9.86. The molecule has 0 fully saturated rings. The topological polar surface area (TPSA) is 85.3 Å². The number of nitrogens with two attached hydrogens (primary N) is 1. The van der Waals surface area contributed by atoms with Crippen molar-refractivity contribution >= 4 is 27.9 Å². The molecule has 0 unspecified atom stereocenters. The van der Waals surface area contributed by atoms with Crippen LogP contribution >= 0.6 is 15.9 Å². The highest BCUT2D eigenvalue weighted by Crippen LogP contribution is 2.34. The summed E-state index contributed by atoms with van der Waals surface area (Å²) in [6, 6.07) is 5.06. The molecule has 0 heterocycles. The Bertz CT molecular complexity index is 547. The molecule has 5 nitrogen and oxygen atoms in total.